The van der Waals surface area contributed by atoms with Crippen molar-refractivity contribution in [2.45, 2.75) is 11.3 Å². The normalized spacial score (nSPS) is 16.6. The van der Waals surface area contributed by atoms with Gasteiger partial charge >= 0.3 is 0 Å². The minimum Gasteiger partial charge on any atom is -0.611 e. The number of hydrazine groups is 1. The highest BCUT2D eigenvalue weighted by molar-refractivity contribution is 7.91. The number of amides is 2. The lowest BCUT2D eigenvalue weighted by molar-refractivity contribution is -0.137. The average Bonchev–Trinajstić information content (AvgIpc) is 3.05. The molecule has 1 fully saturated rings. The number of carbonyl (C=O) groups is 2. The molecule has 0 radical (unpaired) electrons. The number of anilines is 2. The summed E-state index contributed by atoms with van der Waals surface area (Å²) in [5.74, 6) is -0.979. The Morgan fingerprint density at radius 2 is 1.16 bits per heavy atom. The van der Waals surface area contributed by atoms with Crippen molar-refractivity contribution in [3.8, 4) is 0 Å². The lowest BCUT2D eigenvalue weighted by atomic mass is 9.85. The van der Waals surface area contributed by atoms with Crippen molar-refractivity contribution in [3.05, 3.63) is 91.0 Å². The third-order valence-electron chi connectivity index (χ3n) is 5.40. The number of aliphatic hydroxyl groups excluding tert-OH is 1. The molecule has 0 aliphatic carbocycles. The summed E-state index contributed by atoms with van der Waals surface area (Å²) in [6.07, 6.45) is -0.0324. The highest BCUT2D eigenvalue weighted by atomic mass is 32.2. The van der Waals surface area contributed by atoms with Gasteiger partial charge in [0.25, 0.3) is 11.8 Å². The Balaban J connectivity index is 1.70. The average molecular weight is 435 g/mol. The number of nitrogens with zero attached hydrogens (tertiary/aromatic N) is 2. The third-order valence-corrected chi connectivity index (χ3v) is 6.77. The molecule has 7 heteroatoms. The highest BCUT2D eigenvalue weighted by Crippen LogP contribution is 2.41. The summed E-state index contributed by atoms with van der Waals surface area (Å²) in [7, 11) is 0. The molecule has 6 nitrogen and oxygen atoms in total. The molecule has 1 unspecified atom stereocenters. The number of hydrogen-bond donors (Lipinski definition) is 1. The van der Waals surface area contributed by atoms with Crippen LogP contribution < -0.4 is 10.0 Å². The topological polar surface area (TPSA) is 83.9 Å². The van der Waals surface area contributed by atoms with Gasteiger partial charge in [0.1, 0.15) is 5.75 Å². The fourth-order valence-electron chi connectivity index (χ4n) is 3.67. The van der Waals surface area contributed by atoms with E-state index in [1.807, 2.05) is 18.2 Å². The monoisotopic (exact) mass is 434 g/mol. The minimum atomic E-state index is -1.70. The van der Waals surface area contributed by atoms with Gasteiger partial charge in [-0.2, -0.15) is 0 Å². The number of para-hydroxylation sites is 2. The van der Waals surface area contributed by atoms with E-state index in [1.54, 1.807) is 72.8 Å². The maximum Gasteiger partial charge on any atom is 0.264 e. The molecule has 1 heterocycles. The van der Waals surface area contributed by atoms with E-state index in [9.17, 15) is 19.2 Å². The standard InChI is InChI=1S/C24H22N2O4S/c27-18-24(16-17-31(30)21-14-8-3-9-15-21)22(28)25(19-10-4-1-5-11-19)26(23(24)29)20-12-6-2-7-13-20/h1-15,27H,16-18H2. The largest absolute Gasteiger partial charge is 0.611 e. The number of hydrogen-bond acceptors (Lipinski definition) is 4. The van der Waals surface area contributed by atoms with E-state index in [1.165, 1.54) is 10.0 Å². The number of carbonyl (C=O) groups excluding carboxylic acids is 2. The van der Waals surface area contributed by atoms with Crippen LogP contribution in [-0.2, 0) is 20.8 Å². The van der Waals surface area contributed by atoms with Crippen LogP contribution >= 0.6 is 0 Å². The maximum atomic E-state index is 13.6. The molecule has 0 aromatic heterocycles. The molecule has 1 aliphatic heterocycles. The molecule has 0 bridgehead atoms. The molecule has 158 valence electrons. The Hall–Kier alpha value is -3.13. The van der Waals surface area contributed by atoms with E-state index in [4.69, 9.17) is 0 Å². The lowest BCUT2D eigenvalue weighted by Gasteiger charge is -2.27. The van der Waals surface area contributed by atoms with Crippen LogP contribution in [0.2, 0.25) is 0 Å². The first-order chi connectivity index (χ1) is 15.1. The van der Waals surface area contributed by atoms with Gasteiger partial charge in [0, 0.05) is 6.42 Å². The summed E-state index contributed by atoms with van der Waals surface area (Å²) in [5, 5.41) is 12.9. The second kappa shape index (κ2) is 8.93. The van der Waals surface area contributed by atoms with Crippen molar-refractivity contribution in [1.29, 1.82) is 0 Å². The zero-order valence-corrected chi connectivity index (χ0v) is 17.6. The predicted molar refractivity (Wildman–Crippen MR) is 120 cm³/mol. The molecule has 3 aromatic rings. The number of benzene rings is 3. The highest BCUT2D eigenvalue weighted by Gasteiger charge is 2.59. The summed E-state index contributed by atoms with van der Waals surface area (Å²) in [5.41, 5.74) is -0.663. The van der Waals surface area contributed by atoms with Gasteiger partial charge in [-0.25, -0.2) is 10.0 Å². The van der Waals surface area contributed by atoms with Gasteiger partial charge in [0.15, 0.2) is 10.3 Å². The minimum absolute atomic E-state index is 0.0324. The maximum absolute atomic E-state index is 13.6. The van der Waals surface area contributed by atoms with E-state index in [2.05, 4.69) is 0 Å². The van der Waals surface area contributed by atoms with Crippen LogP contribution in [0.3, 0.4) is 0 Å². The van der Waals surface area contributed by atoms with Crippen LogP contribution in [0.5, 0.6) is 0 Å². The number of rotatable bonds is 7. The molecule has 1 saturated heterocycles. The van der Waals surface area contributed by atoms with Crippen LogP contribution in [0, 0.1) is 5.41 Å². The summed E-state index contributed by atoms with van der Waals surface area (Å²) in [4.78, 5) is 27.8. The summed E-state index contributed by atoms with van der Waals surface area (Å²) >= 11 is -1.40. The SMILES string of the molecule is O=C1N(c2ccccc2)N(c2ccccc2)C(=O)C1(CO)CC[S+]([O-])c1ccccc1. The van der Waals surface area contributed by atoms with Crippen molar-refractivity contribution in [3.63, 3.8) is 0 Å². The molecule has 0 saturated carbocycles. The number of aliphatic hydroxyl groups is 1. The van der Waals surface area contributed by atoms with Crippen molar-refractivity contribution < 1.29 is 19.2 Å². The van der Waals surface area contributed by atoms with Gasteiger partial charge in [-0.05, 0) is 47.6 Å². The molecule has 2 amide bonds. The molecule has 1 aliphatic rings. The van der Waals surface area contributed by atoms with E-state index >= 15 is 0 Å². The van der Waals surface area contributed by atoms with E-state index in [0.717, 1.165) is 0 Å². The first kappa shape index (κ1) is 21.1. The first-order valence-electron chi connectivity index (χ1n) is 9.92. The van der Waals surface area contributed by atoms with Gasteiger partial charge in [0.2, 0.25) is 0 Å². The van der Waals surface area contributed by atoms with E-state index in [-0.39, 0.29) is 12.2 Å². The van der Waals surface area contributed by atoms with Crippen LogP contribution in [-0.4, -0.2) is 33.8 Å². The Morgan fingerprint density at radius 3 is 1.58 bits per heavy atom. The fourth-order valence-corrected chi connectivity index (χ4v) is 4.90. The molecule has 1 N–H and O–H groups in total. The second-order valence-electron chi connectivity index (χ2n) is 7.26. The second-order valence-corrected chi connectivity index (χ2v) is 8.83. The van der Waals surface area contributed by atoms with Crippen LogP contribution in [0.1, 0.15) is 6.42 Å². The summed E-state index contributed by atoms with van der Waals surface area (Å²) < 4.78 is 12.8. The molecular formula is C24H22N2O4S. The molecule has 1 atom stereocenters. The van der Waals surface area contributed by atoms with E-state index < -0.39 is 35.0 Å². The van der Waals surface area contributed by atoms with Crippen molar-refractivity contribution >= 4 is 34.4 Å². The molecule has 4 rings (SSSR count). The van der Waals surface area contributed by atoms with Gasteiger partial charge < -0.3 is 9.66 Å². The van der Waals surface area contributed by atoms with Crippen LogP contribution in [0.15, 0.2) is 95.9 Å². The van der Waals surface area contributed by atoms with Crippen LogP contribution in [0.4, 0.5) is 11.4 Å². The Kier molecular flexibility index (Phi) is 6.08. The van der Waals surface area contributed by atoms with Gasteiger partial charge in [0.05, 0.1) is 18.0 Å². The van der Waals surface area contributed by atoms with E-state index in [0.29, 0.717) is 16.3 Å². The van der Waals surface area contributed by atoms with Crippen molar-refractivity contribution in [2.24, 2.45) is 5.41 Å². The zero-order chi connectivity index (χ0) is 21.8. The first-order valence-corrected chi connectivity index (χ1v) is 11.2. The lowest BCUT2D eigenvalue weighted by Crippen LogP contribution is -2.41. The molecular weight excluding hydrogens is 412 g/mol. The predicted octanol–water partition coefficient (Wildman–Crippen LogP) is 3.16. The fraction of sp³-hybridized carbons (Fsp3) is 0.167. The van der Waals surface area contributed by atoms with Crippen molar-refractivity contribution in [1.82, 2.24) is 0 Å². The Labute approximate surface area is 183 Å². The molecule has 3 aromatic carbocycles. The quantitative estimate of drug-likeness (QED) is 0.457. The third kappa shape index (κ3) is 3.83. The summed E-state index contributed by atoms with van der Waals surface area (Å²) in [6, 6.07) is 26.6. The smallest absolute Gasteiger partial charge is 0.264 e. The molecule has 0 spiro atoms. The molecule has 31 heavy (non-hydrogen) atoms. The van der Waals surface area contributed by atoms with Gasteiger partial charge in [-0.3, -0.25) is 9.59 Å². The van der Waals surface area contributed by atoms with Crippen molar-refractivity contribution in [2.75, 3.05) is 22.4 Å². The Bertz CT molecular complexity index is 989. The summed E-state index contributed by atoms with van der Waals surface area (Å²) in [6.45, 7) is -0.663. The van der Waals surface area contributed by atoms with Crippen LogP contribution in [0.25, 0.3) is 0 Å². The zero-order valence-electron chi connectivity index (χ0n) is 16.8. The Morgan fingerprint density at radius 1 is 0.742 bits per heavy atom. The van der Waals surface area contributed by atoms with Gasteiger partial charge in [-0.15, -0.1) is 0 Å². The van der Waals surface area contributed by atoms with Gasteiger partial charge in [-0.1, -0.05) is 54.6 Å².